The molecule has 20 heavy (non-hydrogen) atoms. The zero-order valence-corrected chi connectivity index (χ0v) is 11.7. The number of likely N-dealkylation sites (tertiary alicyclic amines) is 1. The van der Waals surface area contributed by atoms with E-state index in [4.69, 9.17) is 0 Å². The quantitative estimate of drug-likeness (QED) is 0.912. The third kappa shape index (κ3) is 2.83. The highest BCUT2D eigenvalue weighted by Crippen LogP contribution is 2.38. The van der Waals surface area contributed by atoms with E-state index in [1.165, 1.54) is 0 Å². The van der Waals surface area contributed by atoms with Gasteiger partial charge in [-0.05, 0) is 44.5 Å². The molecule has 1 N–H and O–H groups in total. The van der Waals surface area contributed by atoms with Gasteiger partial charge in [0.05, 0.1) is 6.07 Å². The first-order chi connectivity index (χ1) is 9.58. The van der Waals surface area contributed by atoms with Gasteiger partial charge in [0, 0.05) is 6.42 Å². The molecule has 0 saturated carbocycles. The molecule has 4 nitrogen and oxygen atoms in total. The second-order valence-corrected chi connectivity index (χ2v) is 5.63. The number of piperidine rings is 1. The molecule has 1 saturated heterocycles. The van der Waals surface area contributed by atoms with Crippen LogP contribution in [-0.2, 0) is 11.2 Å². The van der Waals surface area contributed by atoms with Crippen LogP contribution in [0.25, 0.3) is 0 Å². The highest BCUT2D eigenvalue weighted by atomic mass is 16.4. The average molecular weight is 272 g/mol. The Morgan fingerprint density at radius 1 is 1.40 bits per heavy atom. The van der Waals surface area contributed by atoms with E-state index >= 15 is 0 Å². The van der Waals surface area contributed by atoms with E-state index in [0.717, 1.165) is 31.5 Å². The van der Waals surface area contributed by atoms with Crippen LogP contribution >= 0.6 is 0 Å². The Kier molecular flexibility index (Phi) is 4.41. The van der Waals surface area contributed by atoms with E-state index in [2.05, 4.69) is 11.0 Å². The van der Waals surface area contributed by atoms with Crippen LogP contribution in [0.15, 0.2) is 30.3 Å². The average Bonchev–Trinajstić information content (AvgIpc) is 2.46. The first-order valence-electron chi connectivity index (χ1n) is 6.95. The normalized spacial score (nSPS) is 20.0. The number of hydrogen-bond acceptors (Lipinski definition) is 3. The zero-order valence-electron chi connectivity index (χ0n) is 11.7. The van der Waals surface area contributed by atoms with Crippen molar-refractivity contribution >= 4 is 5.97 Å². The monoisotopic (exact) mass is 272 g/mol. The van der Waals surface area contributed by atoms with Crippen molar-refractivity contribution in [1.82, 2.24) is 4.90 Å². The smallest absolute Gasteiger partial charge is 0.324 e. The molecule has 1 atom stereocenters. The molecule has 0 aliphatic carbocycles. The van der Waals surface area contributed by atoms with E-state index in [-0.39, 0.29) is 12.3 Å². The lowest BCUT2D eigenvalue weighted by Gasteiger charge is -2.37. The van der Waals surface area contributed by atoms with Crippen molar-refractivity contribution in [1.29, 1.82) is 5.26 Å². The van der Waals surface area contributed by atoms with Crippen molar-refractivity contribution in [3.8, 4) is 6.07 Å². The fraction of sp³-hybridized carbons (Fsp3) is 0.500. The number of rotatable bonds is 4. The molecule has 0 spiro atoms. The Balaban J connectivity index is 2.26. The summed E-state index contributed by atoms with van der Waals surface area (Å²) >= 11 is 0. The summed E-state index contributed by atoms with van der Waals surface area (Å²) in [6, 6.07) is 11.6. The van der Waals surface area contributed by atoms with Gasteiger partial charge in [-0.2, -0.15) is 5.26 Å². The predicted molar refractivity (Wildman–Crippen MR) is 76.0 cm³/mol. The molecule has 1 aromatic carbocycles. The van der Waals surface area contributed by atoms with Gasteiger partial charge in [-0.3, -0.25) is 4.79 Å². The van der Waals surface area contributed by atoms with Gasteiger partial charge in [0.15, 0.2) is 5.41 Å². The molecule has 4 heteroatoms. The molecule has 1 fully saturated rings. The molecule has 0 radical (unpaired) electrons. The summed E-state index contributed by atoms with van der Waals surface area (Å²) in [7, 11) is 2.03. The minimum atomic E-state index is -1.30. The third-order valence-electron chi connectivity index (χ3n) is 4.32. The number of benzene rings is 1. The Hall–Kier alpha value is -1.86. The molecular weight excluding hydrogens is 252 g/mol. The first-order valence-corrected chi connectivity index (χ1v) is 6.95. The maximum absolute atomic E-state index is 11.8. The molecule has 106 valence electrons. The van der Waals surface area contributed by atoms with Crippen LogP contribution in [-0.4, -0.2) is 36.1 Å². The number of nitrogens with zero attached hydrogens (tertiary/aromatic N) is 2. The van der Waals surface area contributed by atoms with Gasteiger partial charge in [0.2, 0.25) is 0 Å². The Morgan fingerprint density at radius 3 is 2.50 bits per heavy atom. The van der Waals surface area contributed by atoms with E-state index in [9.17, 15) is 15.2 Å². The number of hydrogen-bond donors (Lipinski definition) is 1. The third-order valence-corrected chi connectivity index (χ3v) is 4.32. The van der Waals surface area contributed by atoms with Crippen LogP contribution in [0.1, 0.15) is 18.4 Å². The molecule has 2 rings (SSSR count). The topological polar surface area (TPSA) is 64.3 Å². The lowest BCUT2D eigenvalue weighted by molar-refractivity contribution is -0.149. The van der Waals surface area contributed by atoms with Crippen molar-refractivity contribution in [2.75, 3.05) is 20.1 Å². The van der Waals surface area contributed by atoms with Crippen LogP contribution in [0, 0.1) is 22.7 Å². The van der Waals surface area contributed by atoms with Gasteiger partial charge in [-0.25, -0.2) is 0 Å². The highest BCUT2D eigenvalue weighted by Gasteiger charge is 2.47. The predicted octanol–water partition coefficient (Wildman–Crippen LogP) is 2.17. The molecule has 0 unspecified atom stereocenters. The largest absolute Gasteiger partial charge is 0.480 e. The summed E-state index contributed by atoms with van der Waals surface area (Å²) < 4.78 is 0. The van der Waals surface area contributed by atoms with Crippen LogP contribution in [0.4, 0.5) is 0 Å². The summed E-state index contributed by atoms with van der Waals surface area (Å²) in [6.07, 6.45) is 1.82. The van der Waals surface area contributed by atoms with Crippen molar-refractivity contribution in [3.63, 3.8) is 0 Å². The van der Waals surface area contributed by atoms with Crippen LogP contribution in [0.2, 0.25) is 0 Å². The number of nitriles is 1. The van der Waals surface area contributed by atoms with Crippen molar-refractivity contribution in [3.05, 3.63) is 35.9 Å². The maximum atomic E-state index is 11.8. The summed E-state index contributed by atoms with van der Waals surface area (Å²) in [4.78, 5) is 14.0. The minimum Gasteiger partial charge on any atom is -0.480 e. The summed E-state index contributed by atoms with van der Waals surface area (Å²) in [5, 5.41) is 19.2. The van der Waals surface area contributed by atoms with E-state index in [1.54, 1.807) is 0 Å². The van der Waals surface area contributed by atoms with Gasteiger partial charge >= 0.3 is 5.97 Å². The lowest BCUT2D eigenvalue weighted by atomic mass is 9.68. The van der Waals surface area contributed by atoms with Crippen molar-refractivity contribution < 1.29 is 9.90 Å². The van der Waals surface area contributed by atoms with E-state index in [0.29, 0.717) is 0 Å². The summed E-state index contributed by atoms with van der Waals surface area (Å²) in [6.45, 7) is 1.71. The second kappa shape index (κ2) is 6.06. The number of aliphatic carboxylic acids is 1. The van der Waals surface area contributed by atoms with Gasteiger partial charge in [0.1, 0.15) is 0 Å². The van der Waals surface area contributed by atoms with E-state index < -0.39 is 11.4 Å². The molecule has 1 aromatic rings. The van der Waals surface area contributed by atoms with Crippen LogP contribution in [0.5, 0.6) is 0 Å². The highest BCUT2D eigenvalue weighted by molar-refractivity contribution is 5.79. The molecule has 1 heterocycles. The zero-order chi connectivity index (χ0) is 14.6. The fourth-order valence-electron chi connectivity index (χ4n) is 2.99. The van der Waals surface area contributed by atoms with Gasteiger partial charge < -0.3 is 10.0 Å². The first kappa shape index (κ1) is 14.5. The Bertz CT molecular complexity index is 501. The number of carboxylic acid groups (broad SMARTS) is 1. The van der Waals surface area contributed by atoms with Crippen molar-refractivity contribution in [2.45, 2.75) is 19.3 Å². The Labute approximate surface area is 119 Å². The Morgan fingerprint density at radius 2 is 2.00 bits per heavy atom. The molecular formula is C16H20N2O2. The number of carboxylic acids is 1. The molecule has 1 aliphatic rings. The fourth-order valence-corrected chi connectivity index (χ4v) is 2.99. The number of carbonyl (C=O) groups is 1. The van der Waals surface area contributed by atoms with Crippen LogP contribution in [0.3, 0.4) is 0 Å². The van der Waals surface area contributed by atoms with Crippen LogP contribution < -0.4 is 0 Å². The standard InChI is InChI=1S/C16H20N2O2/c1-18-9-7-14(8-10-18)16(12-17,15(19)20)11-13-5-3-2-4-6-13/h2-6,14H,7-11H2,1H3,(H,19,20)/t16-/m0/s1. The molecule has 0 aromatic heterocycles. The second-order valence-electron chi connectivity index (χ2n) is 5.63. The lowest BCUT2D eigenvalue weighted by Crippen LogP contribution is -2.45. The minimum absolute atomic E-state index is 0.0820. The van der Waals surface area contributed by atoms with E-state index in [1.807, 2.05) is 37.4 Å². The maximum Gasteiger partial charge on any atom is 0.324 e. The molecule has 1 aliphatic heterocycles. The SMILES string of the molecule is CN1CCC([C@@](C#N)(Cc2ccccc2)C(=O)O)CC1. The summed E-state index contributed by atoms with van der Waals surface area (Å²) in [5.41, 5.74) is -0.391. The molecule has 0 bridgehead atoms. The van der Waals surface area contributed by atoms with Gasteiger partial charge in [-0.1, -0.05) is 30.3 Å². The molecule has 0 amide bonds. The van der Waals surface area contributed by atoms with Gasteiger partial charge in [-0.15, -0.1) is 0 Å². The summed E-state index contributed by atoms with van der Waals surface area (Å²) in [5.74, 6) is -1.07. The van der Waals surface area contributed by atoms with Gasteiger partial charge in [0.25, 0.3) is 0 Å². The van der Waals surface area contributed by atoms with Crippen molar-refractivity contribution in [2.24, 2.45) is 11.3 Å².